The van der Waals surface area contributed by atoms with Crippen LogP contribution in [0.3, 0.4) is 0 Å². The van der Waals surface area contributed by atoms with Gasteiger partial charge in [0.1, 0.15) is 0 Å². The number of amides is 1. The predicted octanol–water partition coefficient (Wildman–Crippen LogP) is 1.32. The fraction of sp³-hybridized carbons (Fsp3) is 0.500. The molecule has 0 atom stereocenters. The number of benzene rings is 1. The summed E-state index contributed by atoms with van der Waals surface area (Å²) >= 11 is 0. The zero-order valence-electron chi connectivity index (χ0n) is 12.2. The quantitative estimate of drug-likeness (QED) is 0.763. The highest BCUT2D eigenvalue weighted by atomic mass is 32.2. The van der Waals surface area contributed by atoms with Gasteiger partial charge >= 0.3 is 0 Å². The molecule has 1 rings (SSSR count). The number of hydrogen-bond acceptors (Lipinski definition) is 3. The summed E-state index contributed by atoms with van der Waals surface area (Å²) in [6, 6.07) is 9.60. The van der Waals surface area contributed by atoms with Crippen LogP contribution in [0.15, 0.2) is 30.3 Å². The van der Waals surface area contributed by atoms with Crippen molar-refractivity contribution in [1.29, 1.82) is 0 Å². The fourth-order valence-corrected chi connectivity index (χ4v) is 2.69. The van der Waals surface area contributed by atoms with Crippen molar-refractivity contribution in [3.8, 4) is 0 Å². The molecule has 0 heterocycles. The summed E-state index contributed by atoms with van der Waals surface area (Å²) < 4.78 is 24.4. The number of rotatable bonds is 7. The van der Waals surface area contributed by atoms with Crippen LogP contribution in [0.2, 0.25) is 0 Å². The number of sulfonamides is 1. The summed E-state index contributed by atoms with van der Waals surface area (Å²) in [4.78, 5) is 13.6. The number of nitrogens with zero attached hydrogens (tertiary/aromatic N) is 2. The summed E-state index contributed by atoms with van der Waals surface area (Å²) in [7, 11) is -1.66. The molecule has 112 valence electrons. The lowest BCUT2D eigenvalue weighted by Gasteiger charge is -2.23. The van der Waals surface area contributed by atoms with Gasteiger partial charge in [-0.25, -0.2) is 8.42 Å². The van der Waals surface area contributed by atoms with Crippen molar-refractivity contribution in [1.82, 2.24) is 9.21 Å². The minimum absolute atomic E-state index is 0.101. The van der Waals surface area contributed by atoms with E-state index in [4.69, 9.17) is 0 Å². The van der Waals surface area contributed by atoms with Gasteiger partial charge in [0.05, 0.1) is 12.8 Å². The van der Waals surface area contributed by atoms with Crippen molar-refractivity contribution in [2.24, 2.45) is 0 Å². The van der Waals surface area contributed by atoms with Gasteiger partial charge in [0.15, 0.2) is 0 Å². The maximum absolute atomic E-state index is 12.1. The first-order chi connectivity index (χ1) is 9.34. The molecule has 0 fully saturated rings. The van der Waals surface area contributed by atoms with Crippen LogP contribution in [0.5, 0.6) is 0 Å². The van der Waals surface area contributed by atoms with Crippen LogP contribution in [0.1, 0.15) is 18.9 Å². The van der Waals surface area contributed by atoms with Gasteiger partial charge in [-0.1, -0.05) is 37.3 Å². The molecule has 0 N–H and O–H groups in total. The first-order valence-electron chi connectivity index (χ1n) is 6.57. The average molecular weight is 298 g/mol. The minimum Gasteiger partial charge on any atom is -0.340 e. The summed E-state index contributed by atoms with van der Waals surface area (Å²) in [5.41, 5.74) is 1.02. The fourth-order valence-electron chi connectivity index (χ4n) is 1.83. The highest BCUT2D eigenvalue weighted by molar-refractivity contribution is 7.88. The maximum Gasteiger partial charge on any atom is 0.237 e. The van der Waals surface area contributed by atoms with Gasteiger partial charge in [-0.15, -0.1) is 0 Å². The lowest BCUT2D eigenvalue weighted by Crippen LogP contribution is -2.41. The lowest BCUT2D eigenvalue weighted by atomic mass is 10.2. The third-order valence-corrected chi connectivity index (χ3v) is 4.19. The Bertz CT molecular complexity index is 529. The maximum atomic E-state index is 12.1. The Morgan fingerprint density at radius 2 is 1.80 bits per heavy atom. The molecule has 0 spiro atoms. The van der Waals surface area contributed by atoms with E-state index in [1.165, 1.54) is 4.31 Å². The highest BCUT2D eigenvalue weighted by Crippen LogP contribution is 2.05. The molecular formula is C14H22N2O3S. The first-order valence-corrected chi connectivity index (χ1v) is 8.42. The molecule has 0 aromatic heterocycles. The number of carbonyl (C=O) groups excluding carboxylic acids is 1. The molecule has 0 bridgehead atoms. The van der Waals surface area contributed by atoms with Crippen LogP contribution in [0.25, 0.3) is 0 Å². The topological polar surface area (TPSA) is 57.7 Å². The van der Waals surface area contributed by atoms with Crippen molar-refractivity contribution in [3.63, 3.8) is 0 Å². The smallest absolute Gasteiger partial charge is 0.237 e. The van der Waals surface area contributed by atoms with Crippen LogP contribution in [0.4, 0.5) is 0 Å². The third-order valence-electron chi connectivity index (χ3n) is 2.94. The van der Waals surface area contributed by atoms with Crippen LogP contribution in [-0.2, 0) is 21.4 Å². The predicted molar refractivity (Wildman–Crippen MR) is 79.6 cm³/mol. The Labute approximate surface area is 121 Å². The molecule has 0 aliphatic carbocycles. The zero-order valence-corrected chi connectivity index (χ0v) is 13.1. The van der Waals surface area contributed by atoms with E-state index >= 15 is 0 Å². The monoisotopic (exact) mass is 298 g/mol. The second-order valence-corrected chi connectivity index (χ2v) is 6.81. The molecule has 5 nitrogen and oxygen atoms in total. The van der Waals surface area contributed by atoms with Crippen molar-refractivity contribution in [3.05, 3.63) is 35.9 Å². The largest absolute Gasteiger partial charge is 0.340 e. The molecule has 0 unspecified atom stereocenters. The van der Waals surface area contributed by atoms with E-state index in [0.717, 1.165) is 11.8 Å². The van der Waals surface area contributed by atoms with Gasteiger partial charge in [0.25, 0.3) is 0 Å². The van der Waals surface area contributed by atoms with E-state index < -0.39 is 10.0 Å². The van der Waals surface area contributed by atoms with E-state index in [9.17, 15) is 13.2 Å². The standard InChI is InChI=1S/C14H22N2O3S/c1-4-10-16(20(3,18)19)12-14(17)15(2)11-13-8-6-5-7-9-13/h5-9H,4,10-12H2,1-3H3. The first kappa shape index (κ1) is 16.7. The van der Waals surface area contributed by atoms with Gasteiger partial charge in [0.2, 0.25) is 15.9 Å². The average Bonchev–Trinajstić information content (AvgIpc) is 2.38. The molecule has 1 amide bonds. The third kappa shape index (κ3) is 5.30. The van der Waals surface area contributed by atoms with Gasteiger partial charge in [-0.05, 0) is 12.0 Å². The molecule has 0 radical (unpaired) electrons. The number of hydrogen-bond donors (Lipinski definition) is 0. The molecular weight excluding hydrogens is 276 g/mol. The lowest BCUT2D eigenvalue weighted by molar-refractivity contribution is -0.130. The normalized spacial score (nSPS) is 11.6. The van der Waals surface area contributed by atoms with E-state index in [-0.39, 0.29) is 12.5 Å². The van der Waals surface area contributed by atoms with Gasteiger partial charge in [-0.3, -0.25) is 4.79 Å². The molecule has 0 aliphatic heterocycles. The molecule has 1 aromatic rings. The van der Waals surface area contributed by atoms with E-state index in [1.54, 1.807) is 11.9 Å². The molecule has 0 saturated carbocycles. The van der Waals surface area contributed by atoms with Crippen molar-refractivity contribution in [2.75, 3.05) is 26.4 Å². The summed E-state index contributed by atoms with van der Waals surface area (Å²) in [6.45, 7) is 2.62. The van der Waals surface area contributed by atoms with E-state index in [1.807, 2.05) is 37.3 Å². The molecule has 1 aromatic carbocycles. The second-order valence-electron chi connectivity index (χ2n) is 4.83. The summed E-state index contributed by atoms with van der Waals surface area (Å²) in [5, 5.41) is 0. The SMILES string of the molecule is CCCN(CC(=O)N(C)Cc1ccccc1)S(C)(=O)=O. The van der Waals surface area contributed by atoms with Crippen LogP contribution in [-0.4, -0.2) is 49.9 Å². The Balaban J connectivity index is 2.65. The Hall–Kier alpha value is -1.40. The molecule has 20 heavy (non-hydrogen) atoms. The Morgan fingerprint density at radius 3 is 2.30 bits per heavy atom. The van der Waals surface area contributed by atoms with Crippen molar-refractivity contribution < 1.29 is 13.2 Å². The van der Waals surface area contributed by atoms with E-state index in [2.05, 4.69) is 0 Å². The molecule has 0 saturated heterocycles. The highest BCUT2D eigenvalue weighted by Gasteiger charge is 2.21. The summed E-state index contributed by atoms with van der Waals surface area (Å²) in [6.07, 6.45) is 1.82. The van der Waals surface area contributed by atoms with Crippen LogP contribution < -0.4 is 0 Å². The molecule has 6 heteroatoms. The van der Waals surface area contributed by atoms with Crippen molar-refractivity contribution in [2.45, 2.75) is 19.9 Å². The van der Waals surface area contributed by atoms with Gasteiger partial charge in [0, 0.05) is 20.1 Å². The van der Waals surface area contributed by atoms with Gasteiger partial charge in [-0.2, -0.15) is 4.31 Å². The minimum atomic E-state index is -3.34. The van der Waals surface area contributed by atoms with Crippen LogP contribution >= 0.6 is 0 Å². The Morgan fingerprint density at radius 1 is 1.20 bits per heavy atom. The number of likely N-dealkylation sites (N-methyl/N-ethyl adjacent to an activating group) is 1. The van der Waals surface area contributed by atoms with Gasteiger partial charge < -0.3 is 4.90 Å². The molecule has 0 aliphatic rings. The Kier molecular flexibility index (Phi) is 6.16. The summed E-state index contributed by atoms with van der Waals surface area (Å²) in [5.74, 6) is -0.201. The number of carbonyl (C=O) groups is 1. The zero-order chi connectivity index (χ0) is 15.2. The van der Waals surface area contributed by atoms with E-state index in [0.29, 0.717) is 19.5 Å². The second kappa shape index (κ2) is 7.40. The van der Waals surface area contributed by atoms with Crippen molar-refractivity contribution >= 4 is 15.9 Å². The van der Waals surface area contributed by atoms with Crippen LogP contribution in [0, 0.1) is 0 Å².